The number of pyridine rings is 1. The normalized spacial score (nSPS) is 10.4. The summed E-state index contributed by atoms with van der Waals surface area (Å²) >= 11 is 3.33. The third kappa shape index (κ3) is 7.31. The molecule has 0 bridgehead atoms. The second-order valence-corrected chi connectivity index (χ2v) is 5.65. The van der Waals surface area contributed by atoms with Crippen molar-refractivity contribution in [1.29, 1.82) is 0 Å². The fourth-order valence-electron chi connectivity index (χ4n) is 1.90. The summed E-state index contributed by atoms with van der Waals surface area (Å²) in [6, 6.07) is 3.55. The molecule has 3 nitrogen and oxygen atoms in total. The predicted octanol–water partition coefficient (Wildman–Crippen LogP) is 4.32. The first-order valence-corrected chi connectivity index (χ1v) is 7.93. The van der Waals surface area contributed by atoms with Gasteiger partial charge in [-0.2, -0.15) is 0 Å². The second kappa shape index (κ2) is 9.96. The minimum atomic E-state index is -0.0905. The number of rotatable bonds is 9. The number of hydrogen-bond acceptors (Lipinski definition) is 2. The van der Waals surface area contributed by atoms with Crippen molar-refractivity contribution in [3.05, 3.63) is 28.5 Å². The van der Waals surface area contributed by atoms with E-state index in [-0.39, 0.29) is 5.91 Å². The number of carbonyl (C=O) groups excluding carboxylic acids is 1. The summed E-state index contributed by atoms with van der Waals surface area (Å²) in [5.41, 5.74) is 0.470. The van der Waals surface area contributed by atoms with Crippen LogP contribution in [0.5, 0.6) is 0 Å². The SMILES string of the molecule is CCCCCCCCCNC(=O)c1cc(Br)ccn1. The maximum Gasteiger partial charge on any atom is 0.269 e. The van der Waals surface area contributed by atoms with E-state index in [0.29, 0.717) is 5.69 Å². The molecule has 0 aliphatic heterocycles. The average Bonchev–Trinajstić information content (AvgIpc) is 2.41. The molecule has 106 valence electrons. The van der Waals surface area contributed by atoms with Gasteiger partial charge < -0.3 is 5.32 Å². The summed E-state index contributed by atoms with van der Waals surface area (Å²) < 4.78 is 0.878. The largest absolute Gasteiger partial charge is 0.351 e. The maximum absolute atomic E-state index is 11.8. The number of carbonyl (C=O) groups is 1. The highest BCUT2D eigenvalue weighted by molar-refractivity contribution is 9.10. The van der Waals surface area contributed by atoms with E-state index in [9.17, 15) is 4.79 Å². The molecule has 1 N–H and O–H groups in total. The van der Waals surface area contributed by atoms with Crippen molar-refractivity contribution in [1.82, 2.24) is 10.3 Å². The van der Waals surface area contributed by atoms with Crippen LogP contribution in [-0.2, 0) is 0 Å². The Kier molecular flexibility index (Phi) is 8.47. The lowest BCUT2D eigenvalue weighted by Gasteiger charge is -2.05. The molecule has 0 spiro atoms. The van der Waals surface area contributed by atoms with E-state index in [0.717, 1.165) is 17.4 Å². The van der Waals surface area contributed by atoms with E-state index < -0.39 is 0 Å². The molecule has 1 amide bonds. The summed E-state index contributed by atoms with van der Waals surface area (Å²) in [6.45, 7) is 2.96. The highest BCUT2D eigenvalue weighted by Gasteiger charge is 2.05. The molecular formula is C15H23BrN2O. The smallest absolute Gasteiger partial charge is 0.269 e. The van der Waals surface area contributed by atoms with Gasteiger partial charge in [0.05, 0.1) is 0 Å². The summed E-state index contributed by atoms with van der Waals surface area (Å²) in [6.07, 6.45) is 10.4. The Bertz CT molecular complexity index is 382. The zero-order valence-electron chi connectivity index (χ0n) is 11.6. The van der Waals surface area contributed by atoms with Gasteiger partial charge in [0, 0.05) is 17.2 Å². The van der Waals surface area contributed by atoms with Gasteiger partial charge in [0.2, 0.25) is 0 Å². The van der Waals surface area contributed by atoms with Gasteiger partial charge in [0.1, 0.15) is 5.69 Å². The lowest BCUT2D eigenvalue weighted by Crippen LogP contribution is -2.25. The molecule has 0 fully saturated rings. The number of unbranched alkanes of at least 4 members (excludes halogenated alkanes) is 6. The molecule has 4 heteroatoms. The van der Waals surface area contributed by atoms with E-state index in [1.165, 1.54) is 38.5 Å². The third-order valence-corrected chi connectivity index (χ3v) is 3.51. The van der Waals surface area contributed by atoms with Gasteiger partial charge in [-0.05, 0) is 18.6 Å². The average molecular weight is 327 g/mol. The highest BCUT2D eigenvalue weighted by Crippen LogP contribution is 2.09. The summed E-state index contributed by atoms with van der Waals surface area (Å²) in [5, 5.41) is 2.91. The Labute approximate surface area is 124 Å². The van der Waals surface area contributed by atoms with Gasteiger partial charge >= 0.3 is 0 Å². The monoisotopic (exact) mass is 326 g/mol. The van der Waals surface area contributed by atoms with Crippen LogP contribution >= 0.6 is 15.9 Å². The summed E-state index contributed by atoms with van der Waals surface area (Å²) in [4.78, 5) is 15.8. The van der Waals surface area contributed by atoms with Crippen LogP contribution in [0.3, 0.4) is 0 Å². The zero-order valence-corrected chi connectivity index (χ0v) is 13.2. The molecule has 0 radical (unpaired) electrons. The van der Waals surface area contributed by atoms with Crippen LogP contribution in [-0.4, -0.2) is 17.4 Å². The zero-order chi connectivity index (χ0) is 13.9. The van der Waals surface area contributed by atoms with Crippen LogP contribution in [0, 0.1) is 0 Å². The molecule has 0 saturated heterocycles. The molecule has 0 aliphatic rings. The number of nitrogens with zero attached hydrogens (tertiary/aromatic N) is 1. The Hall–Kier alpha value is -0.900. The van der Waals surface area contributed by atoms with Crippen molar-refractivity contribution in [3.63, 3.8) is 0 Å². The van der Waals surface area contributed by atoms with Gasteiger partial charge in [0.15, 0.2) is 0 Å². The van der Waals surface area contributed by atoms with Gasteiger partial charge in [-0.3, -0.25) is 9.78 Å². The summed E-state index contributed by atoms with van der Waals surface area (Å²) in [7, 11) is 0. The number of amides is 1. The molecule has 19 heavy (non-hydrogen) atoms. The van der Waals surface area contributed by atoms with Gasteiger partial charge in [-0.15, -0.1) is 0 Å². The van der Waals surface area contributed by atoms with Crippen LogP contribution in [0.4, 0.5) is 0 Å². The van der Waals surface area contributed by atoms with E-state index in [2.05, 4.69) is 33.2 Å². The lowest BCUT2D eigenvalue weighted by molar-refractivity contribution is 0.0948. The van der Waals surface area contributed by atoms with Crippen molar-refractivity contribution in [2.75, 3.05) is 6.54 Å². The molecule has 0 aromatic carbocycles. The summed E-state index contributed by atoms with van der Waals surface area (Å²) in [5.74, 6) is -0.0905. The van der Waals surface area contributed by atoms with Crippen LogP contribution < -0.4 is 5.32 Å². The highest BCUT2D eigenvalue weighted by atomic mass is 79.9. The standard InChI is InChI=1S/C15H23BrN2O/c1-2-3-4-5-6-7-8-10-18-15(19)14-12-13(16)9-11-17-14/h9,11-12H,2-8,10H2,1H3,(H,18,19). The minimum absolute atomic E-state index is 0.0905. The van der Waals surface area contributed by atoms with Crippen molar-refractivity contribution in [2.24, 2.45) is 0 Å². The second-order valence-electron chi connectivity index (χ2n) is 4.74. The van der Waals surface area contributed by atoms with Crippen molar-refractivity contribution in [2.45, 2.75) is 51.9 Å². The van der Waals surface area contributed by atoms with Crippen LogP contribution in [0.1, 0.15) is 62.4 Å². The van der Waals surface area contributed by atoms with E-state index >= 15 is 0 Å². The number of hydrogen-bond donors (Lipinski definition) is 1. The van der Waals surface area contributed by atoms with Crippen LogP contribution in [0.2, 0.25) is 0 Å². The van der Waals surface area contributed by atoms with E-state index in [1.54, 1.807) is 12.3 Å². The molecule has 0 atom stereocenters. The van der Waals surface area contributed by atoms with E-state index in [1.807, 2.05) is 6.07 Å². The first-order chi connectivity index (χ1) is 9.24. The van der Waals surface area contributed by atoms with Crippen molar-refractivity contribution in [3.8, 4) is 0 Å². The Morgan fingerprint density at radius 1 is 1.21 bits per heavy atom. The first kappa shape index (κ1) is 16.2. The predicted molar refractivity (Wildman–Crippen MR) is 82.3 cm³/mol. The molecule has 1 heterocycles. The molecule has 1 aromatic heterocycles. The molecular weight excluding hydrogens is 304 g/mol. The number of halogens is 1. The van der Waals surface area contributed by atoms with Crippen molar-refractivity contribution >= 4 is 21.8 Å². The van der Waals surface area contributed by atoms with Gasteiger partial charge in [0.25, 0.3) is 5.91 Å². The van der Waals surface area contributed by atoms with E-state index in [4.69, 9.17) is 0 Å². The minimum Gasteiger partial charge on any atom is -0.351 e. The van der Waals surface area contributed by atoms with Gasteiger partial charge in [-0.25, -0.2) is 0 Å². The molecule has 0 saturated carbocycles. The maximum atomic E-state index is 11.8. The molecule has 1 rings (SSSR count). The Morgan fingerprint density at radius 3 is 2.58 bits per heavy atom. The Morgan fingerprint density at radius 2 is 1.89 bits per heavy atom. The first-order valence-electron chi connectivity index (χ1n) is 7.13. The fourth-order valence-corrected chi connectivity index (χ4v) is 2.24. The molecule has 0 unspecified atom stereocenters. The topological polar surface area (TPSA) is 42.0 Å². The van der Waals surface area contributed by atoms with Crippen LogP contribution in [0.15, 0.2) is 22.8 Å². The fraction of sp³-hybridized carbons (Fsp3) is 0.600. The quantitative estimate of drug-likeness (QED) is 0.686. The number of nitrogens with one attached hydrogen (secondary N) is 1. The number of aromatic nitrogens is 1. The van der Waals surface area contributed by atoms with Crippen LogP contribution in [0.25, 0.3) is 0 Å². The molecule has 0 aliphatic carbocycles. The Balaban J connectivity index is 2.08. The van der Waals surface area contributed by atoms with Crippen molar-refractivity contribution < 1.29 is 4.79 Å². The third-order valence-electron chi connectivity index (χ3n) is 3.02. The molecule has 1 aromatic rings. The van der Waals surface area contributed by atoms with Gasteiger partial charge in [-0.1, -0.05) is 61.4 Å². The lowest BCUT2D eigenvalue weighted by atomic mass is 10.1.